The fourth-order valence-electron chi connectivity index (χ4n) is 4.83. The lowest BCUT2D eigenvalue weighted by atomic mass is 10.1. The molecule has 0 unspecified atom stereocenters. The van der Waals surface area contributed by atoms with Crippen LogP contribution in [0.3, 0.4) is 0 Å². The van der Waals surface area contributed by atoms with E-state index < -0.39 is 12.2 Å². The molecule has 4 heterocycles. The summed E-state index contributed by atoms with van der Waals surface area (Å²) >= 11 is 0. The van der Waals surface area contributed by atoms with Gasteiger partial charge in [0, 0.05) is 30.7 Å². The van der Waals surface area contributed by atoms with E-state index in [9.17, 15) is 13.2 Å². The van der Waals surface area contributed by atoms with Crippen molar-refractivity contribution < 1.29 is 13.2 Å². The van der Waals surface area contributed by atoms with E-state index >= 15 is 0 Å². The largest absolute Gasteiger partial charge is 0.408 e. The summed E-state index contributed by atoms with van der Waals surface area (Å²) < 4.78 is 43.8. The van der Waals surface area contributed by atoms with Crippen LogP contribution in [0.15, 0.2) is 48.7 Å². The van der Waals surface area contributed by atoms with Crippen molar-refractivity contribution in [2.75, 3.05) is 13.1 Å². The van der Waals surface area contributed by atoms with Gasteiger partial charge in [0.25, 0.3) is 0 Å². The zero-order chi connectivity index (χ0) is 22.7. The van der Waals surface area contributed by atoms with Gasteiger partial charge in [0.05, 0.1) is 5.52 Å². The fourth-order valence-corrected chi connectivity index (χ4v) is 4.83. The van der Waals surface area contributed by atoms with Crippen LogP contribution in [-0.4, -0.2) is 49.8 Å². The molecule has 2 aliphatic rings. The van der Waals surface area contributed by atoms with E-state index in [4.69, 9.17) is 10.7 Å². The number of nitrogens with zero attached hydrogens (tertiary/aromatic N) is 5. The van der Waals surface area contributed by atoms with Gasteiger partial charge >= 0.3 is 6.18 Å². The monoisotopic (exact) mass is 452 g/mol. The van der Waals surface area contributed by atoms with Gasteiger partial charge in [0.2, 0.25) is 0 Å². The van der Waals surface area contributed by atoms with Crippen LogP contribution >= 0.6 is 0 Å². The van der Waals surface area contributed by atoms with E-state index in [0.717, 1.165) is 10.9 Å². The second kappa shape index (κ2) is 7.50. The molecule has 1 saturated carbocycles. The molecule has 1 aliphatic carbocycles. The summed E-state index contributed by atoms with van der Waals surface area (Å²) in [5.74, 6) is 1.03. The Hall–Kier alpha value is -3.04. The van der Waals surface area contributed by atoms with Crippen molar-refractivity contribution in [3.05, 3.63) is 59.8 Å². The highest BCUT2D eigenvalue weighted by Gasteiger charge is 2.46. The van der Waals surface area contributed by atoms with E-state index in [0.29, 0.717) is 36.0 Å². The predicted molar refractivity (Wildman–Crippen MR) is 119 cm³/mol. The summed E-state index contributed by atoms with van der Waals surface area (Å²) in [5, 5.41) is 9.43. The molecule has 6 rings (SSSR count). The number of hydrogen-bond acceptors (Lipinski definition) is 5. The molecule has 0 bridgehead atoms. The molecule has 9 heteroatoms. The predicted octanol–water partition coefficient (Wildman–Crippen LogP) is 4.46. The highest BCUT2D eigenvalue weighted by atomic mass is 19.4. The molecule has 33 heavy (non-hydrogen) atoms. The second-order valence-electron chi connectivity index (χ2n) is 9.12. The summed E-state index contributed by atoms with van der Waals surface area (Å²) in [5.41, 5.74) is 9.21. The average Bonchev–Trinajstić information content (AvgIpc) is 3.42. The maximum absolute atomic E-state index is 14.1. The second-order valence-corrected chi connectivity index (χ2v) is 9.12. The normalized spacial score (nSPS) is 20.7. The first-order valence-electron chi connectivity index (χ1n) is 11.2. The first-order chi connectivity index (χ1) is 15.9. The summed E-state index contributed by atoms with van der Waals surface area (Å²) in [6.45, 7) is 0.529. The number of aromatic nitrogens is 4. The molecular weight excluding hydrogens is 429 g/mol. The lowest BCUT2D eigenvalue weighted by molar-refractivity contribution is -0.183. The first-order valence-corrected chi connectivity index (χ1v) is 11.2. The van der Waals surface area contributed by atoms with Gasteiger partial charge in [-0.2, -0.15) is 13.2 Å². The molecule has 2 atom stereocenters. The Bertz CT molecular complexity index is 1340. The summed E-state index contributed by atoms with van der Waals surface area (Å²) in [7, 11) is 0. The van der Waals surface area contributed by atoms with Crippen molar-refractivity contribution in [1.82, 2.24) is 24.5 Å². The zero-order valence-electron chi connectivity index (χ0n) is 17.8. The molecule has 1 aromatic carbocycles. The minimum Gasteiger partial charge on any atom is -0.326 e. The van der Waals surface area contributed by atoms with Crippen LogP contribution in [0.4, 0.5) is 13.2 Å². The zero-order valence-corrected chi connectivity index (χ0v) is 17.8. The summed E-state index contributed by atoms with van der Waals surface area (Å²) in [4.78, 5) is 6.18. The average molecular weight is 452 g/mol. The van der Waals surface area contributed by atoms with E-state index in [1.165, 1.54) is 35.6 Å². The number of alkyl halides is 3. The minimum absolute atomic E-state index is 0.141. The SMILES string of the molecule is N[C@H]1CCN([C@H](c2ccc3nnc(-c4ccc5ccc(C6CC6)cc5n4)n3c2)C(F)(F)F)C1. The van der Waals surface area contributed by atoms with Crippen LogP contribution in [-0.2, 0) is 0 Å². The number of hydrogen-bond donors (Lipinski definition) is 1. The van der Waals surface area contributed by atoms with Crippen molar-refractivity contribution >= 4 is 16.6 Å². The van der Waals surface area contributed by atoms with Gasteiger partial charge < -0.3 is 5.73 Å². The number of likely N-dealkylation sites (tertiary alicyclic amines) is 1. The Morgan fingerprint density at radius 3 is 2.55 bits per heavy atom. The third kappa shape index (κ3) is 3.75. The lowest BCUT2D eigenvalue weighted by Gasteiger charge is -2.30. The molecule has 1 aliphatic heterocycles. The van der Waals surface area contributed by atoms with Gasteiger partial charge in [0.15, 0.2) is 11.5 Å². The Labute approximate surface area is 188 Å². The Kier molecular flexibility index (Phi) is 4.67. The molecule has 3 aromatic heterocycles. The first kappa shape index (κ1) is 20.6. The third-order valence-electron chi connectivity index (χ3n) is 6.67. The number of nitrogens with two attached hydrogens (primary N) is 1. The molecule has 2 fully saturated rings. The van der Waals surface area contributed by atoms with Gasteiger partial charge in [0.1, 0.15) is 11.7 Å². The standard InChI is InChI=1S/C24H23F3N6/c25-24(26,27)22(32-10-9-18(28)13-32)17-6-8-21-30-31-23(33(21)12-17)19-7-5-15-3-4-16(14-1-2-14)11-20(15)29-19/h3-8,11-12,14,18,22H,1-2,9-10,13,28H2/t18-,22+/m0/s1. The molecule has 170 valence electrons. The molecule has 0 spiro atoms. The van der Waals surface area contributed by atoms with Gasteiger partial charge in [-0.25, -0.2) is 4.98 Å². The Morgan fingerprint density at radius 2 is 1.82 bits per heavy atom. The van der Waals surface area contributed by atoms with Crippen molar-refractivity contribution in [2.24, 2.45) is 5.73 Å². The van der Waals surface area contributed by atoms with E-state index in [-0.39, 0.29) is 18.2 Å². The van der Waals surface area contributed by atoms with Crippen LogP contribution in [0.25, 0.3) is 28.1 Å². The number of fused-ring (bicyclic) bond motifs is 2. The van der Waals surface area contributed by atoms with Gasteiger partial charge in [-0.05, 0) is 54.5 Å². The highest BCUT2D eigenvalue weighted by molar-refractivity contribution is 5.82. The molecule has 2 N–H and O–H groups in total. The molecule has 0 amide bonds. The molecule has 6 nitrogen and oxygen atoms in total. The number of rotatable bonds is 4. The maximum atomic E-state index is 14.1. The van der Waals surface area contributed by atoms with E-state index in [1.54, 1.807) is 10.5 Å². The number of pyridine rings is 2. The fraction of sp³-hybridized carbons (Fsp3) is 0.375. The van der Waals surface area contributed by atoms with Crippen LogP contribution in [0.1, 0.15) is 42.3 Å². The van der Waals surface area contributed by atoms with Crippen molar-refractivity contribution in [3.63, 3.8) is 0 Å². The van der Waals surface area contributed by atoms with Crippen LogP contribution in [0.5, 0.6) is 0 Å². The van der Waals surface area contributed by atoms with Crippen LogP contribution in [0.2, 0.25) is 0 Å². The lowest BCUT2D eigenvalue weighted by Crippen LogP contribution is -2.38. The third-order valence-corrected chi connectivity index (χ3v) is 6.67. The van der Waals surface area contributed by atoms with Crippen LogP contribution < -0.4 is 5.73 Å². The summed E-state index contributed by atoms with van der Waals surface area (Å²) in [6.07, 6.45) is 0.0121. The molecule has 0 radical (unpaired) electrons. The van der Waals surface area contributed by atoms with Gasteiger partial charge in [-0.15, -0.1) is 10.2 Å². The van der Waals surface area contributed by atoms with Gasteiger partial charge in [-0.1, -0.05) is 24.3 Å². The van der Waals surface area contributed by atoms with E-state index in [2.05, 4.69) is 28.4 Å². The van der Waals surface area contributed by atoms with E-state index in [1.807, 2.05) is 12.1 Å². The molecular formula is C24H23F3N6. The van der Waals surface area contributed by atoms with Crippen LogP contribution in [0, 0.1) is 0 Å². The number of halogens is 3. The highest BCUT2D eigenvalue weighted by Crippen LogP contribution is 2.41. The summed E-state index contributed by atoms with van der Waals surface area (Å²) in [6, 6.07) is 11.2. The van der Waals surface area contributed by atoms with Crippen molar-refractivity contribution in [2.45, 2.75) is 43.4 Å². The van der Waals surface area contributed by atoms with Crippen molar-refractivity contribution in [1.29, 1.82) is 0 Å². The quantitative estimate of drug-likeness (QED) is 0.495. The minimum atomic E-state index is -4.42. The van der Waals surface area contributed by atoms with Gasteiger partial charge in [-0.3, -0.25) is 9.30 Å². The number of benzene rings is 1. The molecule has 4 aromatic rings. The smallest absolute Gasteiger partial charge is 0.326 e. The molecule has 1 saturated heterocycles. The maximum Gasteiger partial charge on any atom is 0.408 e. The Balaban J connectivity index is 1.43. The Morgan fingerprint density at radius 1 is 1.00 bits per heavy atom. The topological polar surface area (TPSA) is 72.3 Å². The van der Waals surface area contributed by atoms with Crippen molar-refractivity contribution in [3.8, 4) is 11.5 Å².